The van der Waals surface area contributed by atoms with E-state index in [-0.39, 0.29) is 12.6 Å². The van der Waals surface area contributed by atoms with Crippen molar-refractivity contribution in [3.8, 4) is 0 Å². The van der Waals surface area contributed by atoms with Crippen LogP contribution in [0, 0.1) is 0 Å². The molecule has 100 valence electrons. The molecule has 3 nitrogen and oxygen atoms in total. The molecule has 4 heteroatoms. The largest absolute Gasteiger partial charge is 0.480 e. The van der Waals surface area contributed by atoms with E-state index in [1.165, 1.54) is 5.56 Å². The third-order valence-electron chi connectivity index (χ3n) is 2.92. The average Bonchev–Trinajstić information content (AvgIpc) is 2.31. The average molecular weight is 270 g/mol. The Balaban J connectivity index is 2.62. The lowest BCUT2D eigenvalue weighted by Gasteiger charge is -2.27. The molecule has 1 aromatic rings. The lowest BCUT2D eigenvalue weighted by atomic mass is 10.1. The van der Waals surface area contributed by atoms with E-state index < -0.39 is 5.97 Å². The SMILES string of the molecule is CCCN(CC(=O)O)C(C)Cc1ccc(Cl)cc1. The molecule has 1 N–H and O–H groups in total. The number of benzene rings is 1. The molecule has 0 heterocycles. The molecule has 0 aliphatic rings. The maximum atomic E-state index is 10.8. The Kier molecular flexibility index (Phi) is 6.16. The zero-order valence-corrected chi connectivity index (χ0v) is 11.7. The first kappa shape index (κ1) is 15.0. The summed E-state index contributed by atoms with van der Waals surface area (Å²) in [6.45, 7) is 5.03. The van der Waals surface area contributed by atoms with Crippen LogP contribution in [0.4, 0.5) is 0 Å². The van der Waals surface area contributed by atoms with Crippen LogP contribution in [0.1, 0.15) is 25.8 Å². The Bertz CT molecular complexity index is 378. The van der Waals surface area contributed by atoms with Gasteiger partial charge in [-0.3, -0.25) is 9.69 Å². The van der Waals surface area contributed by atoms with Gasteiger partial charge in [0.25, 0.3) is 0 Å². The van der Waals surface area contributed by atoms with E-state index in [9.17, 15) is 4.79 Å². The van der Waals surface area contributed by atoms with Crippen molar-refractivity contribution >= 4 is 17.6 Å². The van der Waals surface area contributed by atoms with E-state index in [4.69, 9.17) is 16.7 Å². The van der Waals surface area contributed by atoms with E-state index in [0.717, 1.165) is 24.4 Å². The molecule has 0 spiro atoms. The minimum atomic E-state index is -0.772. The van der Waals surface area contributed by atoms with Crippen LogP contribution in [-0.2, 0) is 11.2 Å². The van der Waals surface area contributed by atoms with Gasteiger partial charge < -0.3 is 5.11 Å². The van der Waals surface area contributed by atoms with Crippen molar-refractivity contribution in [2.24, 2.45) is 0 Å². The first-order chi connectivity index (χ1) is 8.52. The van der Waals surface area contributed by atoms with Crippen molar-refractivity contribution in [2.45, 2.75) is 32.7 Å². The predicted octanol–water partition coefficient (Wildman–Crippen LogP) is 3.07. The number of carboxylic acid groups (broad SMARTS) is 1. The second kappa shape index (κ2) is 7.39. The van der Waals surface area contributed by atoms with E-state index in [1.54, 1.807) is 0 Å². The summed E-state index contributed by atoms with van der Waals surface area (Å²) < 4.78 is 0. The standard InChI is InChI=1S/C14H20ClNO2/c1-3-8-16(10-14(17)18)11(2)9-12-4-6-13(15)7-5-12/h4-7,11H,3,8-10H2,1-2H3,(H,17,18). The van der Waals surface area contributed by atoms with Crippen molar-refractivity contribution in [3.05, 3.63) is 34.9 Å². The molecule has 1 unspecified atom stereocenters. The van der Waals surface area contributed by atoms with E-state index in [2.05, 4.69) is 13.8 Å². The van der Waals surface area contributed by atoms with Gasteiger partial charge in [-0.1, -0.05) is 30.7 Å². The summed E-state index contributed by atoms with van der Waals surface area (Å²) in [6, 6.07) is 7.92. The van der Waals surface area contributed by atoms with Gasteiger partial charge in [0, 0.05) is 11.1 Å². The monoisotopic (exact) mass is 269 g/mol. The molecule has 0 saturated heterocycles. The molecule has 0 radical (unpaired) electrons. The second-order valence-electron chi connectivity index (χ2n) is 4.54. The smallest absolute Gasteiger partial charge is 0.317 e. The molecule has 0 aliphatic carbocycles. The van der Waals surface area contributed by atoms with Crippen LogP contribution in [-0.4, -0.2) is 35.1 Å². The van der Waals surface area contributed by atoms with Crippen LogP contribution in [0.5, 0.6) is 0 Å². The number of halogens is 1. The van der Waals surface area contributed by atoms with Crippen molar-refractivity contribution in [3.63, 3.8) is 0 Å². The second-order valence-corrected chi connectivity index (χ2v) is 4.98. The normalized spacial score (nSPS) is 12.7. The van der Waals surface area contributed by atoms with Crippen LogP contribution in [0.2, 0.25) is 5.02 Å². The fourth-order valence-electron chi connectivity index (χ4n) is 2.01. The summed E-state index contributed by atoms with van der Waals surface area (Å²) in [6.07, 6.45) is 1.79. The highest BCUT2D eigenvalue weighted by molar-refractivity contribution is 6.30. The molecule has 1 aromatic carbocycles. The summed E-state index contributed by atoms with van der Waals surface area (Å²) >= 11 is 5.84. The third kappa shape index (κ3) is 5.07. The van der Waals surface area contributed by atoms with Crippen molar-refractivity contribution < 1.29 is 9.90 Å². The van der Waals surface area contributed by atoms with Crippen LogP contribution in [0.25, 0.3) is 0 Å². The maximum Gasteiger partial charge on any atom is 0.317 e. The summed E-state index contributed by atoms with van der Waals surface area (Å²) in [5, 5.41) is 9.63. The lowest BCUT2D eigenvalue weighted by molar-refractivity contribution is -0.138. The molecule has 0 fully saturated rings. The quantitative estimate of drug-likeness (QED) is 0.827. The zero-order chi connectivity index (χ0) is 13.5. The molecule has 1 atom stereocenters. The number of nitrogens with zero attached hydrogens (tertiary/aromatic N) is 1. The summed E-state index contributed by atoms with van der Waals surface area (Å²) in [7, 11) is 0. The van der Waals surface area contributed by atoms with Gasteiger partial charge in [0.05, 0.1) is 6.54 Å². The molecule has 18 heavy (non-hydrogen) atoms. The van der Waals surface area contributed by atoms with Gasteiger partial charge in [-0.05, 0) is 44.0 Å². The molecule has 0 amide bonds. The van der Waals surface area contributed by atoms with Gasteiger partial charge in [0.1, 0.15) is 0 Å². The summed E-state index contributed by atoms with van der Waals surface area (Å²) in [5.74, 6) is -0.772. The molecule has 0 bridgehead atoms. The van der Waals surface area contributed by atoms with Crippen LogP contribution < -0.4 is 0 Å². The number of carboxylic acids is 1. The fourth-order valence-corrected chi connectivity index (χ4v) is 2.13. The van der Waals surface area contributed by atoms with Gasteiger partial charge in [-0.25, -0.2) is 0 Å². The molecular formula is C14H20ClNO2. The Labute approximate surface area is 113 Å². The Morgan fingerprint density at radius 1 is 1.39 bits per heavy atom. The van der Waals surface area contributed by atoms with Crippen LogP contribution in [0.3, 0.4) is 0 Å². The van der Waals surface area contributed by atoms with Gasteiger partial charge in [-0.2, -0.15) is 0 Å². The molecular weight excluding hydrogens is 250 g/mol. The lowest BCUT2D eigenvalue weighted by Crippen LogP contribution is -2.39. The number of hydrogen-bond donors (Lipinski definition) is 1. The number of carbonyl (C=O) groups is 1. The number of rotatable bonds is 7. The minimum Gasteiger partial charge on any atom is -0.480 e. The van der Waals surface area contributed by atoms with Gasteiger partial charge in [-0.15, -0.1) is 0 Å². The molecule has 1 rings (SSSR count). The highest BCUT2D eigenvalue weighted by Gasteiger charge is 2.16. The predicted molar refractivity (Wildman–Crippen MR) is 74.1 cm³/mol. The minimum absolute atomic E-state index is 0.0998. The van der Waals surface area contributed by atoms with E-state index in [1.807, 2.05) is 29.2 Å². The highest BCUT2D eigenvalue weighted by Crippen LogP contribution is 2.13. The van der Waals surface area contributed by atoms with Crippen molar-refractivity contribution in [1.29, 1.82) is 0 Å². The van der Waals surface area contributed by atoms with E-state index >= 15 is 0 Å². The number of aliphatic carboxylic acids is 1. The summed E-state index contributed by atoms with van der Waals surface area (Å²) in [5.41, 5.74) is 1.18. The third-order valence-corrected chi connectivity index (χ3v) is 3.17. The van der Waals surface area contributed by atoms with Gasteiger partial charge in [0.2, 0.25) is 0 Å². The van der Waals surface area contributed by atoms with Gasteiger partial charge >= 0.3 is 5.97 Å². The Morgan fingerprint density at radius 3 is 2.50 bits per heavy atom. The Morgan fingerprint density at radius 2 is 2.00 bits per heavy atom. The van der Waals surface area contributed by atoms with Gasteiger partial charge in [0.15, 0.2) is 0 Å². The molecule has 0 aliphatic heterocycles. The van der Waals surface area contributed by atoms with Crippen LogP contribution >= 0.6 is 11.6 Å². The van der Waals surface area contributed by atoms with Crippen molar-refractivity contribution in [2.75, 3.05) is 13.1 Å². The zero-order valence-electron chi connectivity index (χ0n) is 10.9. The maximum absolute atomic E-state index is 10.8. The molecule has 0 aromatic heterocycles. The van der Waals surface area contributed by atoms with Crippen molar-refractivity contribution in [1.82, 2.24) is 4.90 Å². The Hall–Kier alpha value is -1.06. The highest BCUT2D eigenvalue weighted by atomic mass is 35.5. The topological polar surface area (TPSA) is 40.5 Å². The molecule has 0 saturated carbocycles. The first-order valence-electron chi connectivity index (χ1n) is 6.23. The first-order valence-corrected chi connectivity index (χ1v) is 6.61. The van der Waals surface area contributed by atoms with E-state index in [0.29, 0.717) is 0 Å². The fraction of sp³-hybridized carbons (Fsp3) is 0.500. The van der Waals surface area contributed by atoms with Crippen LogP contribution in [0.15, 0.2) is 24.3 Å². The number of hydrogen-bond acceptors (Lipinski definition) is 2. The summed E-state index contributed by atoms with van der Waals surface area (Å²) in [4.78, 5) is 12.8.